The largest absolute Gasteiger partial charge is 0.459 e. The van der Waals surface area contributed by atoms with Crippen LogP contribution in [0.2, 0.25) is 0 Å². The highest BCUT2D eigenvalue weighted by Gasteiger charge is 2.20. The predicted octanol–water partition coefficient (Wildman–Crippen LogP) is 1.89. The number of hydrogen-bond acceptors (Lipinski definition) is 5. The fraction of sp³-hybridized carbons (Fsp3) is 0.400. The molecule has 0 spiro atoms. The first-order chi connectivity index (χ1) is 11.1. The molecule has 1 saturated heterocycles. The first-order valence-corrected chi connectivity index (χ1v) is 8.56. The smallest absolute Gasteiger partial charge is 0.292 e. The van der Waals surface area contributed by atoms with Gasteiger partial charge in [0, 0.05) is 19.2 Å². The lowest BCUT2D eigenvalue weighted by molar-refractivity contribution is 0.0928. The van der Waals surface area contributed by atoms with Crippen molar-refractivity contribution in [2.45, 2.75) is 18.9 Å². The van der Waals surface area contributed by atoms with Gasteiger partial charge in [0.05, 0.1) is 6.26 Å². The van der Waals surface area contributed by atoms with Gasteiger partial charge in [-0.2, -0.15) is 16.9 Å². The Bertz CT molecular complexity index is 690. The average Bonchev–Trinajstić information content (AvgIpc) is 3.19. The predicted molar refractivity (Wildman–Crippen MR) is 87.7 cm³/mol. The highest BCUT2D eigenvalue weighted by molar-refractivity contribution is 7.99. The minimum absolute atomic E-state index is 0.201. The minimum Gasteiger partial charge on any atom is -0.459 e. The third kappa shape index (κ3) is 3.76. The molecule has 8 heteroatoms. The van der Waals surface area contributed by atoms with Crippen LogP contribution in [-0.4, -0.2) is 39.1 Å². The van der Waals surface area contributed by atoms with E-state index in [4.69, 9.17) is 4.42 Å². The second kappa shape index (κ2) is 6.91. The quantitative estimate of drug-likeness (QED) is 0.891. The zero-order valence-corrected chi connectivity index (χ0v) is 13.6. The molecule has 2 N–H and O–H groups in total. The van der Waals surface area contributed by atoms with Crippen molar-refractivity contribution < 1.29 is 14.0 Å². The number of nitrogens with one attached hydrogen (secondary N) is 2. The number of aryl methyl sites for hydroxylation is 1. The number of carbonyl (C=O) groups excluding carboxylic acids is 2. The van der Waals surface area contributed by atoms with Crippen LogP contribution in [0, 0.1) is 0 Å². The Kier molecular flexibility index (Phi) is 4.71. The lowest BCUT2D eigenvalue weighted by atomic mass is 10.1. The molecular formula is C15H18N4O3S. The summed E-state index contributed by atoms with van der Waals surface area (Å²) in [5.74, 6) is 2.19. The van der Waals surface area contributed by atoms with Crippen LogP contribution in [-0.2, 0) is 7.05 Å². The number of amides is 2. The van der Waals surface area contributed by atoms with Crippen molar-refractivity contribution in [3.05, 3.63) is 35.9 Å². The maximum absolute atomic E-state index is 12.3. The second-order valence-electron chi connectivity index (χ2n) is 5.33. The van der Waals surface area contributed by atoms with E-state index in [0.717, 1.165) is 24.3 Å². The van der Waals surface area contributed by atoms with Gasteiger partial charge in [0.15, 0.2) is 11.5 Å². The third-order valence-corrected chi connectivity index (χ3v) is 4.70. The number of nitrogens with zero attached hydrogens (tertiary/aromatic N) is 2. The molecule has 122 valence electrons. The summed E-state index contributed by atoms with van der Waals surface area (Å²) in [5.41, 5.74) is 0.292. The van der Waals surface area contributed by atoms with Crippen LogP contribution >= 0.6 is 11.8 Å². The lowest BCUT2D eigenvalue weighted by Crippen LogP contribution is -2.37. The fourth-order valence-electron chi connectivity index (χ4n) is 2.38. The maximum Gasteiger partial charge on any atom is 0.292 e. The molecule has 0 unspecified atom stereocenters. The summed E-state index contributed by atoms with van der Waals surface area (Å²) in [6.45, 7) is 0. The maximum atomic E-state index is 12.3. The number of aromatic nitrogens is 2. The van der Waals surface area contributed by atoms with Crippen molar-refractivity contribution in [3.8, 4) is 0 Å². The summed E-state index contributed by atoms with van der Waals surface area (Å²) in [6.07, 6.45) is 3.39. The van der Waals surface area contributed by atoms with E-state index >= 15 is 0 Å². The molecule has 0 aromatic carbocycles. The van der Waals surface area contributed by atoms with Gasteiger partial charge in [-0.25, -0.2) is 0 Å². The zero-order valence-electron chi connectivity index (χ0n) is 12.7. The molecule has 3 rings (SSSR count). The van der Waals surface area contributed by atoms with Crippen LogP contribution in [0.4, 0.5) is 5.82 Å². The Labute approximate surface area is 137 Å². The van der Waals surface area contributed by atoms with Gasteiger partial charge in [-0.3, -0.25) is 14.3 Å². The van der Waals surface area contributed by atoms with Gasteiger partial charge in [-0.05, 0) is 36.5 Å². The van der Waals surface area contributed by atoms with Gasteiger partial charge in [0.1, 0.15) is 5.82 Å². The molecule has 23 heavy (non-hydrogen) atoms. The van der Waals surface area contributed by atoms with E-state index in [9.17, 15) is 9.59 Å². The van der Waals surface area contributed by atoms with Crippen LogP contribution in [0.5, 0.6) is 0 Å². The van der Waals surface area contributed by atoms with E-state index in [2.05, 4.69) is 15.7 Å². The fourth-order valence-corrected chi connectivity index (χ4v) is 3.49. The molecule has 1 aliphatic heterocycles. The Morgan fingerprint density at radius 1 is 1.35 bits per heavy atom. The van der Waals surface area contributed by atoms with E-state index in [1.165, 1.54) is 10.9 Å². The van der Waals surface area contributed by atoms with Crippen molar-refractivity contribution >= 4 is 29.4 Å². The van der Waals surface area contributed by atoms with Crippen molar-refractivity contribution in [2.24, 2.45) is 7.05 Å². The van der Waals surface area contributed by atoms with Gasteiger partial charge in [-0.1, -0.05) is 0 Å². The highest BCUT2D eigenvalue weighted by Crippen LogP contribution is 2.18. The first-order valence-electron chi connectivity index (χ1n) is 7.41. The number of anilines is 1. The molecule has 2 amide bonds. The minimum atomic E-state index is -0.380. The standard InChI is InChI=1S/C15H18N4O3S/c1-19-13(17-15(21)12-3-2-6-22-12)9-11(18-19)14(20)16-10-4-7-23-8-5-10/h2-3,6,9-10H,4-5,7-8H2,1H3,(H,16,20)(H,17,21). The second-order valence-corrected chi connectivity index (χ2v) is 6.55. The molecule has 0 atom stereocenters. The molecule has 0 radical (unpaired) electrons. The summed E-state index contributed by atoms with van der Waals surface area (Å²) in [6, 6.07) is 4.97. The highest BCUT2D eigenvalue weighted by atomic mass is 32.2. The first kappa shape index (κ1) is 15.7. The summed E-state index contributed by atoms with van der Waals surface area (Å²) in [4.78, 5) is 24.2. The molecule has 0 aliphatic carbocycles. The van der Waals surface area contributed by atoms with Crippen LogP contribution < -0.4 is 10.6 Å². The zero-order chi connectivity index (χ0) is 16.2. The summed E-state index contributed by atoms with van der Waals surface area (Å²) in [7, 11) is 1.67. The molecule has 1 fully saturated rings. The monoisotopic (exact) mass is 334 g/mol. The summed E-state index contributed by atoms with van der Waals surface area (Å²) >= 11 is 1.91. The Balaban J connectivity index is 1.65. The molecule has 2 aromatic heterocycles. The van der Waals surface area contributed by atoms with E-state index < -0.39 is 0 Å². The Morgan fingerprint density at radius 3 is 2.83 bits per heavy atom. The van der Waals surface area contributed by atoms with Gasteiger partial charge in [-0.15, -0.1) is 0 Å². The van der Waals surface area contributed by atoms with E-state index in [1.807, 2.05) is 11.8 Å². The number of hydrogen-bond donors (Lipinski definition) is 2. The van der Waals surface area contributed by atoms with Gasteiger partial charge in [0.25, 0.3) is 11.8 Å². The van der Waals surface area contributed by atoms with Gasteiger partial charge >= 0.3 is 0 Å². The van der Waals surface area contributed by atoms with E-state index in [1.54, 1.807) is 25.2 Å². The summed E-state index contributed by atoms with van der Waals surface area (Å²) in [5, 5.41) is 9.84. The average molecular weight is 334 g/mol. The summed E-state index contributed by atoms with van der Waals surface area (Å²) < 4.78 is 6.50. The number of thioether (sulfide) groups is 1. The molecule has 2 aromatic rings. The van der Waals surface area contributed by atoms with Crippen LogP contribution in [0.3, 0.4) is 0 Å². The number of carbonyl (C=O) groups is 2. The molecule has 1 aliphatic rings. The number of rotatable bonds is 4. The topological polar surface area (TPSA) is 89.2 Å². The third-order valence-electron chi connectivity index (χ3n) is 3.66. The van der Waals surface area contributed by atoms with Gasteiger partial charge < -0.3 is 15.1 Å². The molecular weight excluding hydrogens is 316 g/mol. The van der Waals surface area contributed by atoms with E-state index in [0.29, 0.717) is 11.5 Å². The normalized spacial score (nSPS) is 15.3. The van der Waals surface area contributed by atoms with Crippen molar-refractivity contribution in [1.82, 2.24) is 15.1 Å². The lowest BCUT2D eigenvalue weighted by Gasteiger charge is -2.21. The molecule has 0 saturated carbocycles. The van der Waals surface area contributed by atoms with Crippen LogP contribution in [0.25, 0.3) is 0 Å². The Hall–Kier alpha value is -2.22. The SMILES string of the molecule is Cn1nc(C(=O)NC2CCSCC2)cc1NC(=O)c1ccco1. The van der Waals surface area contributed by atoms with Gasteiger partial charge in [0.2, 0.25) is 0 Å². The van der Waals surface area contributed by atoms with Crippen LogP contribution in [0.1, 0.15) is 33.9 Å². The van der Waals surface area contributed by atoms with Crippen molar-refractivity contribution in [3.63, 3.8) is 0 Å². The Morgan fingerprint density at radius 2 is 2.13 bits per heavy atom. The van der Waals surface area contributed by atoms with Crippen molar-refractivity contribution in [2.75, 3.05) is 16.8 Å². The van der Waals surface area contributed by atoms with Crippen LogP contribution in [0.15, 0.2) is 28.9 Å². The number of furan rings is 1. The van der Waals surface area contributed by atoms with Crippen molar-refractivity contribution in [1.29, 1.82) is 0 Å². The molecule has 7 nitrogen and oxygen atoms in total. The van der Waals surface area contributed by atoms with E-state index in [-0.39, 0.29) is 23.6 Å². The molecule has 3 heterocycles. The molecule has 0 bridgehead atoms.